The van der Waals surface area contributed by atoms with E-state index >= 15 is 0 Å². The third-order valence-corrected chi connectivity index (χ3v) is 4.42. The van der Waals surface area contributed by atoms with E-state index in [1.807, 2.05) is 0 Å². The van der Waals surface area contributed by atoms with Crippen molar-refractivity contribution in [1.29, 1.82) is 0 Å². The van der Waals surface area contributed by atoms with Gasteiger partial charge in [-0.2, -0.15) is 0 Å². The smallest absolute Gasteiger partial charge is 0.0372 e. The van der Waals surface area contributed by atoms with Crippen LogP contribution in [0.25, 0.3) is 0 Å². The Bertz CT molecular complexity index is 528. The van der Waals surface area contributed by atoms with Gasteiger partial charge in [-0.1, -0.05) is 24.3 Å². The quantitative estimate of drug-likeness (QED) is 0.834. The first-order chi connectivity index (χ1) is 10.2. The molecule has 21 heavy (non-hydrogen) atoms. The summed E-state index contributed by atoms with van der Waals surface area (Å²) in [7, 11) is 0. The van der Waals surface area contributed by atoms with Crippen molar-refractivity contribution in [2.24, 2.45) is 0 Å². The summed E-state index contributed by atoms with van der Waals surface area (Å²) in [6.07, 6.45) is 9.44. The summed E-state index contributed by atoms with van der Waals surface area (Å²) >= 11 is 0. The molecule has 0 aromatic heterocycles. The number of hydrogen-bond acceptors (Lipinski definition) is 2. The molecule has 1 aromatic carbocycles. The minimum absolute atomic E-state index is 1.12. The van der Waals surface area contributed by atoms with Crippen LogP contribution in [0, 0.1) is 13.8 Å². The van der Waals surface area contributed by atoms with Crippen molar-refractivity contribution in [2.75, 3.05) is 37.6 Å². The number of anilines is 1. The molecule has 0 amide bonds. The maximum absolute atomic E-state index is 2.58. The van der Waals surface area contributed by atoms with E-state index in [1.165, 1.54) is 35.2 Å². The predicted octanol–water partition coefficient (Wildman–Crippen LogP) is 3.70. The van der Waals surface area contributed by atoms with Gasteiger partial charge in [0, 0.05) is 38.4 Å². The van der Waals surface area contributed by atoms with Gasteiger partial charge in [-0.05, 0) is 55.5 Å². The monoisotopic (exact) mass is 282 g/mol. The molecule has 0 bridgehead atoms. The highest BCUT2D eigenvalue weighted by atomic mass is 15.3. The van der Waals surface area contributed by atoms with Crippen molar-refractivity contribution in [3.8, 4) is 0 Å². The summed E-state index contributed by atoms with van der Waals surface area (Å²) in [5.74, 6) is 0. The Labute approximate surface area is 128 Å². The molecule has 0 N–H and O–H groups in total. The zero-order valence-corrected chi connectivity index (χ0v) is 13.3. The molecule has 2 aliphatic rings. The Kier molecular flexibility index (Phi) is 4.45. The SMILES string of the molecule is Cc1cc(C)cc(N2CCN(CC3=CCCC=C3)CC2)c1. The molecule has 1 aromatic rings. The van der Waals surface area contributed by atoms with Crippen LogP contribution in [0.3, 0.4) is 0 Å². The van der Waals surface area contributed by atoms with Gasteiger partial charge in [-0.15, -0.1) is 0 Å². The first kappa shape index (κ1) is 14.4. The number of piperazine rings is 1. The fourth-order valence-electron chi connectivity index (χ4n) is 3.34. The number of hydrogen-bond donors (Lipinski definition) is 0. The van der Waals surface area contributed by atoms with Crippen LogP contribution in [0.1, 0.15) is 24.0 Å². The highest BCUT2D eigenvalue weighted by Crippen LogP contribution is 2.21. The molecule has 1 fully saturated rings. The van der Waals surface area contributed by atoms with E-state index in [-0.39, 0.29) is 0 Å². The molecule has 0 atom stereocenters. The average Bonchev–Trinajstić information content (AvgIpc) is 2.48. The lowest BCUT2D eigenvalue weighted by molar-refractivity contribution is 0.279. The van der Waals surface area contributed by atoms with Crippen molar-refractivity contribution in [2.45, 2.75) is 26.7 Å². The second kappa shape index (κ2) is 6.48. The van der Waals surface area contributed by atoms with Crippen LogP contribution in [-0.2, 0) is 0 Å². The molecule has 1 aliphatic heterocycles. The van der Waals surface area contributed by atoms with Gasteiger partial charge in [0.05, 0.1) is 0 Å². The Morgan fingerprint density at radius 2 is 1.62 bits per heavy atom. The topological polar surface area (TPSA) is 6.48 Å². The standard InChI is InChI=1S/C19H26N2/c1-16-12-17(2)14-19(13-16)21-10-8-20(9-11-21)15-18-6-4-3-5-7-18/h4,6-7,12-14H,3,5,8-11,15H2,1-2H3. The van der Waals surface area contributed by atoms with Crippen LogP contribution < -0.4 is 4.90 Å². The predicted molar refractivity (Wildman–Crippen MR) is 91.0 cm³/mol. The van der Waals surface area contributed by atoms with Gasteiger partial charge in [-0.3, -0.25) is 4.90 Å². The molecule has 0 spiro atoms. The molecular weight excluding hydrogens is 256 g/mol. The number of nitrogens with zero attached hydrogens (tertiary/aromatic N) is 2. The van der Waals surface area contributed by atoms with Crippen molar-refractivity contribution in [3.05, 3.63) is 53.1 Å². The van der Waals surface area contributed by atoms with Crippen molar-refractivity contribution >= 4 is 5.69 Å². The highest BCUT2D eigenvalue weighted by Gasteiger charge is 2.18. The zero-order valence-electron chi connectivity index (χ0n) is 13.3. The van der Waals surface area contributed by atoms with Gasteiger partial charge in [0.1, 0.15) is 0 Å². The minimum Gasteiger partial charge on any atom is -0.369 e. The minimum atomic E-state index is 1.12. The molecule has 112 valence electrons. The van der Waals surface area contributed by atoms with E-state index in [0.29, 0.717) is 0 Å². The van der Waals surface area contributed by atoms with Crippen LogP contribution in [-0.4, -0.2) is 37.6 Å². The third-order valence-electron chi connectivity index (χ3n) is 4.42. The van der Waals surface area contributed by atoms with Crippen molar-refractivity contribution in [3.63, 3.8) is 0 Å². The second-order valence-electron chi connectivity index (χ2n) is 6.37. The Morgan fingerprint density at radius 3 is 2.24 bits per heavy atom. The number of aryl methyl sites for hydroxylation is 2. The lowest BCUT2D eigenvalue weighted by Gasteiger charge is -2.36. The first-order valence-electron chi connectivity index (χ1n) is 8.12. The van der Waals surface area contributed by atoms with Crippen LogP contribution in [0.15, 0.2) is 42.0 Å². The van der Waals surface area contributed by atoms with Gasteiger partial charge in [0.15, 0.2) is 0 Å². The Morgan fingerprint density at radius 1 is 0.905 bits per heavy atom. The summed E-state index contributed by atoms with van der Waals surface area (Å²) in [6.45, 7) is 10.1. The molecule has 1 heterocycles. The van der Waals surface area contributed by atoms with E-state index in [9.17, 15) is 0 Å². The zero-order chi connectivity index (χ0) is 14.7. The van der Waals surface area contributed by atoms with Gasteiger partial charge < -0.3 is 4.90 Å². The van der Waals surface area contributed by atoms with E-state index in [1.54, 1.807) is 0 Å². The number of rotatable bonds is 3. The summed E-state index contributed by atoms with van der Waals surface area (Å²) in [5.41, 5.74) is 5.62. The van der Waals surface area contributed by atoms with Gasteiger partial charge >= 0.3 is 0 Å². The summed E-state index contributed by atoms with van der Waals surface area (Å²) in [6, 6.07) is 6.88. The third kappa shape index (κ3) is 3.76. The van der Waals surface area contributed by atoms with E-state index in [4.69, 9.17) is 0 Å². The molecule has 0 unspecified atom stereocenters. The fraction of sp³-hybridized carbons (Fsp3) is 0.474. The molecule has 3 rings (SSSR count). The molecule has 1 aliphatic carbocycles. The van der Waals surface area contributed by atoms with Crippen LogP contribution >= 0.6 is 0 Å². The molecular formula is C19H26N2. The summed E-state index contributed by atoms with van der Waals surface area (Å²) < 4.78 is 0. The number of benzene rings is 1. The van der Waals surface area contributed by atoms with Crippen molar-refractivity contribution in [1.82, 2.24) is 4.90 Å². The Balaban J connectivity index is 1.57. The maximum Gasteiger partial charge on any atom is 0.0372 e. The normalized spacial score (nSPS) is 19.7. The van der Waals surface area contributed by atoms with Gasteiger partial charge in [0.2, 0.25) is 0 Å². The van der Waals surface area contributed by atoms with E-state index in [2.05, 4.69) is 60.1 Å². The lowest BCUT2D eigenvalue weighted by atomic mass is 10.1. The van der Waals surface area contributed by atoms with E-state index in [0.717, 1.165) is 32.7 Å². The largest absolute Gasteiger partial charge is 0.369 e. The Hall–Kier alpha value is -1.54. The second-order valence-corrected chi connectivity index (χ2v) is 6.37. The summed E-state index contributed by atoms with van der Waals surface area (Å²) in [4.78, 5) is 5.11. The van der Waals surface area contributed by atoms with Gasteiger partial charge in [-0.25, -0.2) is 0 Å². The van der Waals surface area contributed by atoms with Crippen LogP contribution in [0.2, 0.25) is 0 Å². The fourth-order valence-corrected chi connectivity index (χ4v) is 3.34. The molecule has 2 heteroatoms. The van der Waals surface area contributed by atoms with E-state index < -0.39 is 0 Å². The highest BCUT2D eigenvalue weighted by molar-refractivity contribution is 5.51. The molecule has 0 radical (unpaired) electrons. The van der Waals surface area contributed by atoms with Crippen LogP contribution in [0.4, 0.5) is 5.69 Å². The van der Waals surface area contributed by atoms with Gasteiger partial charge in [0.25, 0.3) is 0 Å². The number of allylic oxidation sites excluding steroid dienone is 2. The van der Waals surface area contributed by atoms with Crippen molar-refractivity contribution < 1.29 is 0 Å². The summed E-state index contributed by atoms with van der Waals surface area (Å²) in [5, 5.41) is 0. The van der Waals surface area contributed by atoms with Crippen LogP contribution in [0.5, 0.6) is 0 Å². The average molecular weight is 282 g/mol. The maximum atomic E-state index is 2.58. The molecule has 1 saturated heterocycles. The molecule has 0 saturated carbocycles. The molecule has 2 nitrogen and oxygen atoms in total. The first-order valence-corrected chi connectivity index (χ1v) is 8.12. The lowest BCUT2D eigenvalue weighted by Crippen LogP contribution is -2.46.